The van der Waals surface area contributed by atoms with Gasteiger partial charge in [0.25, 0.3) is 0 Å². The molecule has 8 heteroatoms. The van der Waals surface area contributed by atoms with Crippen LogP contribution in [0.3, 0.4) is 0 Å². The lowest BCUT2D eigenvalue weighted by Gasteiger charge is -2.28. The van der Waals surface area contributed by atoms with E-state index >= 15 is 0 Å². The number of rotatable bonds is 4. The molecule has 0 amide bonds. The summed E-state index contributed by atoms with van der Waals surface area (Å²) >= 11 is 0. The van der Waals surface area contributed by atoms with Crippen LogP contribution in [0, 0.1) is 0 Å². The molecule has 1 fully saturated rings. The van der Waals surface area contributed by atoms with E-state index in [4.69, 9.17) is 0 Å². The van der Waals surface area contributed by atoms with Crippen LogP contribution in [-0.2, 0) is 6.18 Å². The van der Waals surface area contributed by atoms with Crippen LogP contribution in [0.15, 0.2) is 53.5 Å². The summed E-state index contributed by atoms with van der Waals surface area (Å²) in [5, 5.41) is 18.8. The van der Waals surface area contributed by atoms with Gasteiger partial charge in [0.15, 0.2) is 5.84 Å². The number of aliphatic hydroxyl groups excluding tert-OH is 1. The maximum atomic E-state index is 13.7. The molecule has 2 aromatic carbocycles. The Kier molecular flexibility index (Phi) is 5.67. The lowest BCUT2D eigenvalue weighted by molar-refractivity contribution is -0.137. The smallest absolute Gasteiger partial charge is 0.394 e. The molecule has 0 aromatic heterocycles. The van der Waals surface area contributed by atoms with Crippen molar-refractivity contribution in [1.82, 2.24) is 5.48 Å². The van der Waals surface area contributed by atoms with E-state index in [9.17, 15) is 23.5 Å². The number of nitrogens with one attached hydrogen (secondary N) is 1. The molecule has 144 valence electrons. The topological polar surface area (TPSA) is 68.1 Å². The van der Waals surface area contributed by atoms with Crippen LogP contribution in [0.5, 0.6) is 0 Å². The SMILES string of the molecule is OCC1CCCN1c1ccc(C(=Nc2ccccc2)NO)cc1C(F)(F)F. The first-order chi connectivity index (χ1) is 12.9. The molecule has 0 spiro atoms. The van der Waals surface area contributed by atoms with Crippen LogP contribution in [0.25, 0.3) is 0 Å². The number of anilines is 1. The fourth-order valence-electron chi connectivity index (χ4n) is 3.29. The Bertz CT molecular complexity index is 810. The van der Waals surface area contributed by atoms with E-state index in [2.05, 4.69) is 4.99 Å². The third-order valence-corrected chi connectivity index (χ3v) is 4.58. The van der Waals surface area contributed by atoms with E-state index in [1.54, 1.807) is 35.2 Å². The first-order valence-corrected chi connectivity index (χ1v) is 8.57. The second kappa shape index (κ2) is 7.98. The third kappa shape index (κ3) is 4.23. The summed E-state index contributed by atoms with van der Waals surface area (Å²) in [6, 6.07) is 12.1. The van der Waals surface area contributed by atoms with Crippen LogP contribution in [0.4, 0.5) is 24.5 Å². The summed E-state index contributed by atoms with van der Waals surface area (Å²) in [7, 11) is 0. The summed E-state index contributed by atoms with van der Waals surface area (Å²) in [6.07, 6.45) is -3.21. The molecule has 1 unspecified atom stereocenters. The minimum absolute atomic E-state index is 0.0276. The van der Waals surface area contributed by atoms with Gasteiger partial charge in [-0.3, -0.25) is 10.7 Å². The first-order valence-electron chi connectivity index (χ1n) is 8.57. The Morgan fingerprint density at radius 2 is 1.93 bits per heavy atom. The molecule has 0 radical (unpaired) electrons. The molecule has 3 N–H and O–H groups in total. The van der Waals surface area contributed by atoms with E-state index in [0.717, 1.165) is 12.5 Å². The molecule has 1 saturated heterocycles. The van der Waals surface area contributed by atoms with Gasteiger partial charge in [-0.2, -0.15) is 13.2 Å². The van der Waals surface area contributed by atoms with E-state index in [1.165, 1.54) is 12.1 Å². The van der Waals surface area contributed by atoms with Crippen LogP contribution in [0.1, 0.15) is 24.0 Å². The Balaban J connectivity index is 2.04. The standard InChI is InChI=1S/C19H20F3N3O2/c20-19(21,22)16-11-13(18(24-27)23-14-5-2-1-3-6-14)8-9-17(16)25-10-4-7-15(25)12-26/h1-3,5-6,8-9,11,15,26-27H,4,7,10,12H2,(H,23,24). The van der Waals surface area contributed by atoms with E-state index in [-0.39, 0.29) is 29.7 Å². The number of aliphatic imine (C=N–C) groups is 1. The zero-order valence-corrected chi connectivity index (χ0v) is 14.4. The average molecular weight is 379 g/mol. The number of amidine groups is 1. The predicted molar refractivity (Wildman–Crippen MR) is 96.5 cm³/mol. The lowest BCUT2D eigenvalue weighted by atomic mass is 10.1. The Labute approximate surface area is 154 Å². The van der Waals surface area contributed by atoms with Crippen LogP contribution in [-0.4, -0.2) is 35.3 Å². The Hall–Kier alpha value is -2.58. The molecule has 2 aromatic rings. The molecular weight excluding hydrogens is 359 g/mol. The van der Waals surface area contributed by atoms with Crippen LogP contribution in [0.2, 0.25) is 0 Å². The second-order valence-corrected chi connectivity index (χ2v) is 6.31. The summed E-state index contributed by atoms with van der Waals surface area (Å²) < 4.78 is 41.1. The van der Waals surface area contributed by atoms with Crippen molar-refractivity contribution in [2.45, 2.75) is 25.1 Å². The normalized spacial score (nSPS) is 18.0. The monoisotopic (exact) mass is 379 g/mol. The van der Waals surface area contributed by atoms with Crippen LogP contribution < -0.4 is 10.4 Å². The molecule has 1 aliphatic heterocycles. The molecule has 0 bridgehead atoms. The van der Waals surface area contributed by atoms with Crippen molar-refractivity contribution < 1.29 is 23.5 Å². The first kappa shape index (κ1) is 19.2. The van der Waals surface area contributed by atoms with Gasteiger partial charge in [-0.25, -0.2) is 4.99 Å². The molecule has 0 saturated carbocycles. The van der Waals surface area contributed by atoms with Crippen molar-refractivity contribution in [3.05, 3.63) is 59.7 Å². The Morgan fingerprint density at radius 3 is 2.56 bits per heavy atom. The number of hydrogen-bond donors (Lipinski definition) is 3. The van der Waals surface area contributed by atoms with Crippen molar-refractivity contribution >= 4 is 17.2 Å². The van der Waals surface area contributed by atoms with Gasteiger partial charge < -0.3 is 10.0 Å². The highest BCUT2D eigenvalue weighted by Crippen LogP contribution is 2.39. The molecule has 27 heavy (non-hydrogen) atoms. The number of nitrogens with zero attached hydrogens (tertiary/aromatic N) is 2. The fraction of sp³-hybridized carbons (Fsp3) is 0.316. The number of alkyl halides is 3. The van der Waals surface area contributed by atoms with Crippen molar-refractivity contribution in [2.24, 2.45) is 4.99 Å². The molecule has 1 heterocycles. The fourth-order valence-corrected chi connectivity index (χ4v) is 3.29. The minimum atomic E-state index is -4.58. The highest BCUT2D eigenvalue weighted by molar-refractivity contribution is 6.00. The van der Waals surface area contributed by atoms with Gasteiger partial charge in [-0.1, -0.05) is 18.2 Å². The summed E-state index contributed by atoms with van der Waals surface area (Å²) in [5.41, 5.74) is 1.69. The van der Waals surface area contributed by atoms with E-state index < -0.39 is 11.7 Å². The summed E-state index contributed by atoms with van der Waals surface area (Å²) in [5.74, 6) is -0.0848. The molecule has 0 aliphatic carbocycles. The van der Waals surface area contributed by atoms with Crippen molar-refractivity contribution in [2.75, 3.05) is 18.1 Å². The van der Waals surface area contributed by atoms with Gasteiger partial charge in [0.2, 0.25) is 0 Å². The number of aliphatic hydroxyl groups is 1. The molecule has 1 atom stereocenters. The second-order valence-electron chi connectivity index (χ2n) is 6.31. The number of benzene rings is 2. The van der Waals surface area contributed by atoms with Gasteiger partial charge in [0.05, 0.1) is 23.9 Å². The minimum Gasteiger partial charge on any atom is -0.394 e. The van der Waals surface area contributed by atoms with E-state index in [0.29, 0.717) is 18.7 Å². The maximum absolute atomic E-state index is 13.7. The maximum Gasteiger partial charge on any atom is 0.418 e. The third-order valence-electron chi connectivity index (χ3n) is 4.58. The van der Waals surface area contributed by atoms with Crippen molar-refractivity contribution in [1.29, 1.82) is 0 Å². The van der Waals surface area contributed by atoms with Gasteiger partial charge >= 0.3 is 6.18 Å². The number of hydroxylamine groups is 1. The highest BCUT2D eigenvalue weighted by atomic mass is 19.4. The largest absolute Gasteiger partial charge is 0.418 e. The number of halogens is 3. The van der Waals surface area contributed by atoms with Crippen molar-refractivity contribution in [3.63, 3.8) is 0 Å². The molecule has 1 aliphatic rings. The zero-order chi connectivity index (χ0) is 19.4. The molecular formula is C19H20F3N3O2. The summed E-state index contributed by atoms with van der Waals surface area (Å²) in [6.45, 7) is 0.259. The van der Waals surface area contributed by atoms with Gasteiger partial charge in [-0.05, 0) is 43.2 Å². The quantitative estimate of drug-likeness (QED) is 0.430. The molecule has 5 nitrogen and oxygen atoms in total. The van der Waals surface area contributed by atoms with E-state index in [1.807, 2.05) is 5.48 Å². The van der Waals surface area contributed by atoms with Crippen molar-refractivity contribution in [3.8, 4) is 0 Å². The number of para-hydroxylation sites is 1. The Morgan fingerprint density at radius 1 is 1.19 bits per heavy atom. The van der Waals surface area contributed by atoms with Gasteiger partial charge in [0, 0.05) is 17.8 Å². The van der Waals surface area contributed by atoms with Crippen LogP contribution >= 0.6 is 0 Å². The highest BCUT2D eigenvalue weighted by Gasteiger charge is 2.37. The number of hydrogen-bond acceptors (Lipinski definition) is 4. The average Bonchev–Trinajstić information content (AvgIpc) is 3.14. The predicted octanol–water partition coefficient (Wildman–Crippen LogP) is 3.72. The van der Waals surface area contributed by atoms with Gasteiger partial charge in [-0.15, -0.1) is 0 Å². The van der Waals surface area contributed by atoms with Gasteiger partial charge in [0.1, 0.15) is 0 Å². The molecule has 3 rings (SSSR count). The lowest BCUT2D eigenvalue weighted by Crippen LogP contribution is -2.34. The zero-order valence-electron chi connectivity index (χ0n) is 14.4. The summed E-state index contributed by atoms with van der Waals surface area (Å²) in [4.78, 5) is 5.75.